The molecule has 136 valence electrons. The van der Waals surface area contributed by atoms with Crippen molar-refractivity contribution in [2.75, 3.05) is 25.5 Å². The summed E-state index contributed by atoms with van der Waals surface area (Å²) in [5.74, 6) is 0.186. The third kappa shape index (κ3) is 4.20. The molecule has 1 fully saturated rings. The molecule has 6 heteroatoms. The van der Waals surface area contributed by atoms with Crippen molar-refractivity contribution in [3.63, 3.8) is 0 Å². The monoisotopic (exact) mass is 353 g/mol. The fourth-order valence-corrected chi connectivity index (χ4v) is 3.16. The first-order chi connectivity index (χ1) is 12.6. The minimum Gasteiger partial charge on any atom is -0.465 e. The Kier molecular flexibility index (Phi) is 5.51. The number of anilines is 2. The van der Waals surface area contributed by atoms with Gasteiger partial charge in [-0.2, -0.15) is 0 Å². The van der Waals surface area contributed by atoms with Gasteiger partial charge in [-0.3, -0.25) is 9.78 Å². The van der Waals surface area contributed by atoms with E-state index in [1.165, 1.54) is 13.5 Å². The number of esters is 1. The van der Waals surface area contributed by atoms with Crippen molar-refractivity contribution >= 4 is 23.3 Å². The van der Waals surface area contributed by atoms with Crippen LogP contribution in [0.3, 0.4) is 0 Å². The summed E-state index contributed by atoms with van der Waals surface area (Å²) < 4.78 is 4.69. The summed E-state index contributed by atoms with van der Waals surface area (Å²) in [6, 6.07) is 8.75. The Bertz CT molecular complexity index is 789. The van der Waals surface area contributed by atoms with Crippen LogP contribution in [0.15, 0.2) is 42.7 Å². The summed E-state index contributed by atoms with van der Waals surface area (Å²) in [4.78, 5) is 30.3. The smallest absolute Gasteiger partial charge is 0.337 e. The maximum absolute atomic E-state index is 12.7. The highest BCUT2D eigenvalue weighted by Crippen LogP contribution is 2.21. The van der Waals surface area contributed by atoms with Gasteiger partial charge in [-0.15, -0.1) is 0 Å². The number of methoxy groups -OCH3 is 1. The molecule has 1 aliphatic heterocycles. The Hall–Kier alpha value is -2.89. The van der Waals surface area contributed by atoms with Crippen LogP contribution in [0.25, 0.3) is 0 Å². The summed E-state index contributed by atoms with van der Waals surface area (Å²) >= 11 is 0. The molecule has 1 amide bonds. The summed E-state index contributed by atoms with van der Waals surface area (Å²) in [5, 5.41) is 3.21. The van der Waals surface area contributed by atoms with Crippen molar-refractivity contribution < 1.29 is 14.3 Å². The topological polar surface area (TPSA) is 71.5 Å². The van der Waals surface area contributed by atoms with Gasteiger partial charge in [0.2, 0.25) is 0 Å². The predicted octanol–water partition coefficient (Wildman–Crippen LogP) is 3.48. The number of piperidine rings is 1. The Morgan fingerprint density at radius 2 is 1.92 bits per heavy atom. The molecular formula is C20H23N3O3. The van der Waals surface area contributed by atoms with Gasteiger partial charge in [0.25, 0.3) is 5.91 Å². The zero-order valence-corrected chi connectivity index (χ0v) is 15.1. The van der Waals surface area contributed by atoms with Crippen molar-refractivity contribution in [2.45, 2.75) is 19.8 Å². The molecule has 1 saturated heterocycles. The lowest BCUT2D eigenvalue weighted by molar-refractivity contribution is 0.0600. The molecule has 1 aromatic carbocycles. The number of carbonyl (C=O) groups excluding carboxylic acids is 2. The van der Waals surface area contributed by atoms with Gasteiger partial charge >= 0.3 is 5.97 Å². The molecule has 26 heavy (non-hydrogen) atoms. The number of likely N-dealkylation sites (tertiary alicyclic amines) is 1. The average Bonchev–Trinajstić information content (AvgIpc) is 2.67. The van der Waals surface area contributed by atoms with Crippen molar-refractivity contribution in [3.05, 3.63) is 53.9 Å². The highest BCUT2D eigenvalue weighted by Gasteiger charge is 2.22. The van der Waals surface area contributed by atoms with Crippen molar-refractivity contribution in [2.24, 2.45) is 5.92 Å². The van der Waals surface area contributed by atoms with E-state index in [9.17, 15) is 9.59 Å². The Labute approximate surface area is 153 Å². The number of hydrogen-bond acceptors (Lipinski definition) is 5. The lowest BCUT2D eigenvalue weighted by Gasteiger charge is -2.31. The first-order valence-corrected chi connectivity index (χ1v) is 8.76. The molecule has 3 rings (SSSR count). The molecule has 0 spiro atoms. The van der Waals surface area contributed by atoms with Crippen molar-refractivity contribution in [1.29, 1.82) is 0 Å². The van der Waals surface area contributed by atoms with Crippen LogP contribution < -0.4 is 5.32 Å². The van der Waals surface area contributed by atoms with E-state index in [4.69, 9.17) is 4.74 Å². The third-order valence-corrected chi connectivity index (χ3v) is 4.52. The molecule has 1 N–H and O–H groups in total. The lowest BCUT2D eigenvalue weighted by Crippen LogP contribution is -2.39. The number of ether oxygens (including phenoxy) is 1. The SMILES string of the molecule is COC(=O)c1ccc(Nc2cncc(C(=O)N3CCCC(C)C3)c2)cc1. The number of amides is 1. The van der Waals surface area contributed by atoms with Crippen molar-refractivity contribution in [3.8, 4) is 0 Å². The van der Waals surface area contributed by atoms with E-state index in [1.807, 2.05) is 11.0 Å². The van der Waals surface area contributed by atoms with Crippen LogP contribution in [0.4, 0.5) is 11.4 Å². The number of benzene rings is 1. The molecule has 1 aliphatic rings. The van der Waals surface area contributed by atoms with Crippen molar-refractivity contribution in [1.82, 2.24) is 9.88 Å². The molecule has 6 nitrogen and oxygen atoms in total. The summed E-state index contributed by atoms with van der Waals surface area (Å²) in [7, 11) is 1.35. The van der Waals surface area contributed by atoms with Crippen LogP contribution in [-0.2, 0) is 4.74 Å². The fourth-order valence-electron chi connectivity index (χ4n) is 3.16. The Morgan fingerprint density at radius 1 is 1.15 bits per heavy atom. The van der Waals surface area contributed by atoms with E-state index in [0.717, 1.165) is 30.9 Å². The van der Waals surface area contributed by atoms with Gasteiger partial charge in [-0.1, -0.05) is 6.92 Å². The van der Waals surface area contributed by atoms with E-state index in [1.54, 1.807) is 36.7 Å². The number of hydrogen-bond donors (Lipinski definition) is 1. The van der Waals surface area contributed by atoms with Gasteiger partial charge in [0.1, 0.15) is 0 Å². The second-order valence-corrected chi connectivity index (χ2v) is 6.65. The van der Waals surface area contributed by atoms with Crippen LogP contribution in [0.1, 0.15) is 40.5 Å². The molecular weight excluding hydrogens is 330 g/mol. The van der Waals surface area contributed by atoms with Gasteiger partial charge in [0.05, 0.1) is 30.1 Å². The second-order valence-electron chi connectivity index (χ2n) is 6.65. The number of carbonyl (C=O) groups is 2. The zero-order valence-electron chi connectivity index (χ0n) is 15.1. The summed E-state index contributed by atoms with van der Waals surface area (Å²) in [6.45, 7) is 3.77. The molecule has 2 aromatic rings. The van der Waals surface area contributed by atoms with Crippen LogP contribution in [0, 0.1) is 5.92 Å². The van der Waals surface area contributed by atoms with E-state index < -0.39 is 0 Å². The first kappa shape index (κ1) is 17.9. The third-order valence-electron chi connectivity index (χ3n) is 4.52. The van der Waals surface area contributed by atoms with Gasteiger partial charge in [-0.05, 0) is 49.1 Å². The van der Waals surface area contributed by atoms with Gasteiger partial charge in [-0.25, -0.2) is 4.79 Å². The minimum atomic E-state index is -0.374. The molecule has 2 heterocycles. The van der Waals surface area contributed by atoms with Crippen LogP contribution in [0.5, 0.6) is 0 Å². The van der Waals surface area contributed by atoms with Gasteiger partial charge in [0, 0.05) is 25.0 Å². The molecule has 0 radical (unpaired) electrons. The molecule has 1 aromatic heterocycles. The highest BCUT2D eigenvalue weighted by molar-refractivity contribution is 5.95. The van der Waals surface area contributed by atoms with Crippen LogP contribution in [0.2, 0.25) is 0 Å². The number of nitrogens with zero attached hydrogens (tertiary/aromatic N) is 2. The molecule has 1 atom stereocenters. The highest BCUT2D eigenvalue weighted by atomic mass is 16.5. The van der Waals surface area contributed by atoms with Gasteiger partial charge < -0.3 is 15.0 Å². The molecule has 1 unspecified atom stereocenters. The second kappa shape index (κ2) is 7.99. The number of nitrogens with one attached hydrogen (secondary N) is 1. The maximum atomic E-state index is 12.7. The molecule has 0 saturated carbocycles. The van der Waals surface area contributed by atoms with E-state index in [0.29, 0.717) is 17.0 Å². The first-order valence-electron chi connectivity index (χ1n) is 8.76. The fraction of sp³-hybridized carbons (Fsp3) is 0.350. The van der Waals surface area contributed by atoms with Gasteiger partial charge in [0.15, 0.2) is 0 Å². The number of pyridine rings is 1. The Morgan fingerprint density at radius 3 is 2.62 bits per heavy atom. The molecule has 0 aliphatic carbocycles. The van der Waals surface area contributed by atoms with Crippen LogP contribution in [-0.4, -0.2) is 42.0 Å². The minimum absolute atomic E-state index is 0.0220. The maximum Gasteiger partial charge on any atom is 0.337 e. The van der Waals surface area contributed by atoms with E-state index in [2.05, 4.69) is 17.2 Å². The lowest BCUT2D eigenvalue weighted by atomic mass is 10.00. The normalized spacial score (nSPS) is 16.8. The number of rotatable bonds is 4. The summed E-state index contributed by atoms with van der Waals surface area (Å²) in [5.41, 5.74) is 2.59. The van der Waals surface area contributed by atoms with Crippen LogP contribution >= 0.6 is 0 Å². The standard InChI is InChI=1S/C20H23N3O3/c1-14-4-3-9-23(13-14)19(24)16-10-18(12-21-11-16)22-17-7-5-15(6-8-17)20(25)26-2/h5-8,10-12,14,22H,3-4,9,13H2,1-2H3. The molecule has 0 bridgehead atoms. The Balaban J connectivity index is 1.71. The number of aromatic nitrogens is 1. The van der Waals surface area contributed by atoms with E-state index in [-0.39, 0.29) is 11.9 Å². The van der Waals surface area contributed by atoms with E-state index >= 15 is 0 Å². The average molecular weight is 353 g/mol. The largest absolute Gasteiger partial charge is 0.465 e. The predicted molar refractivity (Wildman–Crippen MR) is 99.6 cm³/mol. The summed E-state index contributed by atoms with van der Waals surface area (Å²) in [6.07, 6.45) is 5.49. The zero-order chi connectivity index (χ0) is 18.5. The quantitative estimate of drug-likeness (QED) is 0.852.